The number of phosphoric ester groups is 1. The fraction of sp³-hybridized carbons (Fsp3) is 0.846. The first-order chi connectivity index (χ1) is 30.0. The Hall–Kier alpha value is -1.77. The molecular weight excluding hydrogens is 798 g/mol. The van der Waals surface area contributed by atoms with Gasteiger partial charge in [0, 0.05) is 12.8 Å². The molecule has 364 valence electrons. The van der Waals surface area contributed by atoms with Crippen LogP contribution >= 0.6 is 7.82 Å². The van der Waals surface area contributed by atoms with Crippen molar-refractivity contribution in [2.24, 2.45) is 0 Å². The second-order valence-corrected chi connectivity index (χ2v) is 20.0. The predicted molar refractivity (Wildman–Crippen MR) is 261 cm³/mol. The summed E-state index contributed by atoms with van der Waals surface area (Å²) in [6.45, 7) is 4.39. The molecule has 0 aromatic heterocycles. The van der Waals surface area contributed by atoms with Gasteiger partial charge in [-0.2, -0.15) is 0 Å². The van der Waals surface area contributed by atoms with E-state index in [-0.39, 0.29) is 32.0 Å². The largest absolute Gasteiger partial charge is 0.472 e. The van der Waals surface area contributed by atoms with Crippen molar-refractivity contribution < 1.29 is 42.1 Å². The van der Waals surface area contributed by atoms with Crippen LogP contribution in [0.3, 0.4) is 0 Å². The van der Waals surface area contributed by atoms with E-state index in [9.17, 15) is 19.0 Å². The van der Waals surface area contributed by atoms with E-state index >= 15 is 0 Å². The van der Waals surface area contributed by atoms with Gasteiger partial charge in [0.25, 0.3) is 0 Å². The molecule has 9 nitrogen and oxygen atoms in total. The number of nitrogens with zero attached hydrogens (tertiary/aromatic N) is 1. The molecular formula is C52H99NO8P+. The Morgan fingerprint density at radius 2 is 0.855 bits per heavy atom. The summed E-state index contributed by atoms with van der Waals surface area (Å²) in [5.74, 6) is -0.847. The lowest BCUT2D eigenvalue weighted by atomic mass is 10.0. The molecule has 10 heteroatoms. The molecule has 0 aromatic rings. The highest BCUT2D eigenvalue weighted by Crippen LogP contribution is 2.43. The average Bonchev–Trinajstić information content (AvgIpc) is 3.23. The van der Waals surface area contributed by atoms with E-state index in [1.165, 1.54) is 141 Å². The van der Waals surface area contributed by atoms with Crippen molar-refractivity contribution in [3.63, 3.8) is 0 Å². The number of hydrogen-bond donors (Lipinski definition) is 1. The topological polar surface area (TPSA) is 108 Å². The van der Waals surface area contributed by atoms with E-state index in [1.54, 1.807) is 0 Å². The fourth-order valence-electron chi connectivity index (χ4n) is 7.09. The molecule has 0 saturated carbocycles. The van der Waals surface area contributed by atoms with Crippen LogP contribution in [0.5, 0.6) is 0 Å². The second kappa shape index (κ2) is 44.4. The van der Waals surface area contributed by atoms with Crippen molar-refractivity contribution in [2.75, 3.05) is 47.5 Å². The van der Waals surface area contributed by atoms with Crippen LogP contribution in [0.25, 0.3) is 0 Å². The average molecular weight is 897 g/mol. The van der Waals surface area contributed by atoms with Crippen LogP contribution in [0.1, 0.15) is 232 Å². The van der Waals surface area contributed by atoms with E-state index < -0.39 is 26.5 Å². The summed E-state index contributed by atoms with van der Waals surface area (Å²) in [4.78, 5) is 35.5. The van der Waals surface area contributed by atoms with Crippen LogP contribution in [0.15, 0.2) is 36.5 Å². The van der Waals surface area contributed by atoms with Crippen LogP contribution in [0.2, 0.25) is 0 Å². The molecule has 62 heavy (non-hydrogen) atoms. The van der Waals surface area contributed by atoms with Gasteiger partial charge in [-0.25, -0.2) is 4.57 Å². The maximum Gasteiger partial charge on any atom is 0.472 e. The van der Waals surface area contributed by atoms with Crippen LogP contribution in [0, 0.1) is 0 Å². The first-order valence-corrected chi connectivity index (χ1v) is 27.2. The van der Waals surface area contributed by atoms with Gasteiger partial charge in [-0.1, -0.05) is 185 Å². The fourth-order valence-corrected chi connectivity index (χ4v) is 7.83. The van der Waals surface area contributed by atoms with Crippen molar-refractivity contribution in [2.45, 2.75) is 238 Å². The molecule has 0 aliphatic rings. The van der Waals surface area contributed by atoms with E-state index in [0.717, 1.165) is 57.8 Å². The zero-order chi connectivity index (χ0) is 45.7. The molecule has 0 aliphatic carbocycles. The molecule has 0 rings (SSSR count). The Bertz CT molecular complexity index is 1150. The second-order valence-electron chi connectivity index (χ2n) is 18.5. The Kier molecular flexibility index (Phi) is 43.2. The summed E-state index contributed by atoms with van der Waals surface area (Å²) in [6.07, 6.45) is 52.1. The molecule has 0 aromatic carbocycles. The Balaban J connectivity index is 4.28. The zero-order valence-corrected chi connectivity index (χ0v) is 42.0. The number of rotatable bonds is 47. The minimum Gasteiger partial charge on any atom is -0.462 e. The quantitative estimate of drug-likeness (QED) is 0.0212. The number of unbranched alkanes of at least 4 members (excludes halogenated alkanes) is 27. The van der Waals surface area contributed by atoms with Crippen LogP contribution in [0.4, 0.5) is 0 Å². The van der Waals surface area contributed by atoms with E-state index in [2.05, 4.69) is 50.3 Å². The zero-order valence-electron chi connectivity index (χ0n) is 41.1. The Morgan fingerprint density at radius 3 is 1.31 bits per heavy atom. The van der Waals surface area contributed by atoms with Crippen LogP contribution in [-0.4, -0.2) is 74.9 Å². The van der Waals surface area contributed by atoms with Crippen molar-refractivity contribution in [1.29, 1.82) is 0 Å². The molecule has 0 heterocycles. The number of hydrogen-bond acceptors (Lipinski definition) is 7. The van der Waals surface area contributed by atoms with Gasteiger partial charge in [0.2, 0.25) is 0 Å². The lowest BCUT2D eigenvalue weighted by Crippen LogP contribution is -2.37. The van der Waals surface area contributed by atoms with Gasteiger partial charge in [0.15, 0.2) is 6.10 Å². The Labute approximate surface area is 382 Å². The van der Waals surface area contributed by atoms with Gasteiger partial charge in [0.1, 0.15) is 19.8 Å². The number of carbonyl (C=O) groups excluding carboxylic acids is 2. The summed E-state index contributed by atoms with van der Waals surface area (Å²) in [6, 6.07) is 0. The highest BCUT2D eigenvalue weighted by Gasteiger charge is 2.27. The highest BCUT2D eigenvalue weighted by molar-refractivity contribution is 7.47. The first-order valence-electron chi connectivity index (χ1n) is 25.7. The van der Waals surface area contributed by atoms with Gasteiger partial charge in [-0.3, -0.25) is 18.6 Å². The van der Waals surface area contributed by atoms with Gasteiger partial charge >= 0.3 is 19.8 Å². The van der Waals surface area contributed by atoms with Crippen molar-refractivity contribution in [3.8, 4) is 0 Å². The smallest absolute Gasteiger partial charge is 0.462 e. The monoisotopic (exact) mass is 897 g/mol. The molecule has 0 spiro atoms. The summed E-state index contributed by atoms with van der Waals surface area (Å²) in [7, 11) is 1.46. The Morgan fingerprint density at radius 1 is 0.484 bits per heavy atom. The minimum absolute atomic E-state index is 0.0245. The molecule has 0 bridgehead atoms. The van der Waals surface area contributed by atoms with Gasteiger partial charge in [0.05, 0.1) is 27.7 Å². The third-order valence-electron chi connectivity index (χ3n) is 11.1. The van der Waals surface area contributed by atoms with Crippen molar-refractivity contribution >= 4 is 19.8 Å². The molecule has 0 aliphatic heterocycles. The standard InChI is InChI=1S/C52H98NO8P/c1-6-8-10-12-14-16-18-20-22-23-24-25-26-27-28-29-31-33-35-37-39-41-43-45-52(55)61-50(49-60-62(56,57)59-47-46-53(3,4)5)48-58-51(54)44-42-40-38-36-34-32-30-21-19-17-15-13-11-9-7-2/h17,19,29,31,37,39,50H,6-16,18,20-28,30,32-36,38,40-49H2,1-5H3/p+1/b19-17+,31-29+,39-37+/t50-/m1/s1. The minimum atomic E-state index is -4.39. The SMILES string of the molecule is CCCCCC/C=C/CCCCCCCCCC(=O)OC[C@H](COP(=O)(O)OCC[N+](C)(C)C)OC(=O)CCC/C=C/CC/C=C/CCCCCCCCCCCCCCCC. The van der Waals surface area contributed by atoms with E-state index in [4.69, 9.17) is 18.5 Å². The van der Waals surface area contributed by atoms with E-state index in [0.29, 0.717) is 17.4 Å². The van der Waals surface area contributed by atoms with Gasteiger partial charge in [-0.15, -0.1) is 0 Å². The molecule has 0 radical (unpaired) electrons. The summed E-state index contributed by atoms with van der Waals surface area (Å²) >= 11 is 0. The van der Waals surface area contributed by atoms with Crippen molar-refractivity contribution in [3.05, 3.63) is 36.5 Å². The summed E-state index contributed by atoms with van der Waals surface area (Å²) < 4.78 is 34.4. The molecule has 2 atom stereocenters. The summed E-state index contributed by atoms with van der Waals surface area (Å²) in [5, 5.41) is 0. The van der Waals surface area contributed by atoms with Crippen molar-refractivity contribution in [1.82, 2.24) is 0 Å². The molecule has 0 amide bonds. The number of phosphoric acid groups is 1. The van der Waals surface area contributed by atoms with Crippen LogP contribution < -0.4 is 0 Å². The summed E-state index contributed by atoms with van der Waals surface area (Å²) in [5.41, 5.74) is 0. The number of quaternary nitrogens is 1. The number of likely N-dealkylation sites (N-methyl/N-ethyl adjacent to an activating group) is 1. The lowest BCUT2D eigenvalue weighted by Gasteiger charge is -2.24. The normalized spacial score (nSPS) is 13.7. The number of ether oxygens (including phenoxy) is 2. The number of allylic oxidation sites excluding steroid dienone is 6. The maximum absolute atomic E-state index is 12.7. The predicted octanol–water partition coefficient (Wildman–Crippen LogP) is 15.3. The molecule has 0 fully saturated rings. The lowest BCUT2D eigenvalue weighted by molar-refractivity contribution is -0.870. The third-order valence-corrected chi connectivity index (χ3v) is 12.1. The van der Waals surface area contributed by atoms with E-state index in [1.807, 2.05) is 21.1 Å². The van der Waals surface area contributed by atoms with Gasteiger partial charge < -0.3 is 18.9 Å². The maximum atomic E-state index is 12.7. The van der Waals surface area contributed by atoms with Crippen LogP contribution in [-0.2, 0) is 32.7 Å². The molecule has 0 saturated heterocycles. The van der Waals surface area contributed by atoms with Gasteiger partial charge in [-0.05, 0) is 70.6 Å². The molecule has 1 unspecified atom stereocenters. The molecule has 1 N–H and O–H groups in total. The number of carbonyl (C=O) groups is 2. The number of esters is 2. The first kappa shape index (κ1) is 60.2. The highest BCUT2D eigenvalue weighted by atomic mass is 31.2. The third kappa shape index (κ3) is 47.7.